The molecular formula is C23H27F3O2. The molecule has 0 aromatic heterocycles. The molecule has 1 heterocycles. The predicted octanol–water partition coefficient (Wildman–Crippen LogP) is 6.83. The normalized spacial score (nSPS) is 19.6. The maximum atomic E-state index is 14.8. The molecule has 0 bridgehead atoms. The second-order valence-corrected chi connectivity index (χ2v) is 7.44. The van der Waals surface area contributed by atoms with Crippen LogP contribution in [0.25, 0.3) is 11.1 Å². The van der Waals surface area contributed by atoms with Crippen molar-refractivity contribution in [2.24, 2.45) is 5.92 Å². The average molecular weight is 392 g/mol. The fourth-order valence-corrected chi connectivity index (χ4v) is 3.83. The Morgan fingerprint density at radius 3 is 2.50 bits per heavy atom. The minimum Gasteiger partial charge on any atom is -0.494 e. The molecule has 0 radical (unpaired) electrons. The third kappa shape index (κ3) is 4.52. The van der Waals surface area contributed by atoms with Crippen LogP contribution < -0.4 is 4.74 Å². The average Bonchev–Trinajstić information content (AvgIpc) is 2.71. The highest BCUT2D eigenvalue weighted by Crippen LogP contribution is 2.37. The van der Waals surface area contributed by atoms with Crippen LogP contribution in [0.15, 0.2) is 30.3 Å². The fourth-order valence-electron chi connectivity index (χ4n) is 3.83. The molecule has 2 atom stereocenters. The number of methoxy groups -OCH3 is 1. The van der Waals surface area contributed by atoms with Crippen LogP contribution in [-0.2, 0) is 4.74 Å². The Morgan fingerprint density at radius 1 is 1.04 bits per heavy atom. The van der Waals surface area contributed by atoms with Gasteiger partial charge in [-0.15, -0.1) is 0 Å². The van der Waals surface area contributed by atoms with E-state index in [1.54, 1.807) is 6.07 Å². The van der Waals surface area contributed by atoms with Crippen LogP contribution in [0.4, 0.5) is 13.2 Å². The molecule has 28 heavy (non-hydrogen) atoms. The molecule has 0 N–H and O–H groups in total. The maximum Gasteiger partial charge on any atom is 0.167 e. The zero-order valence-electron chi connectivity index (χ0n) is 16.4. The summed E-state index contributed by atoms with van der Waals surface area (Å²) >= 11 is 0. The lowest BCUT2D eigenvalue weighted by molar-refractivity contribution is -0.0218. The Labute approximate surface area is 164 Å². The lowest BCUT2D eigenvalue weighted by atomic mass is 9.90. The number of hydrogen-bond acceptors (Lipinski definition) is 2. The van der Waals surface area contributed by atoms with E-state index in [1.165, 1.54) is 44.6 Å². The summed E-state index contributed by atoms with van der Waals surface area (Å²) in [6.45, 7) is 2.76. The molecular weight excluding hydrogens is 365 g/mol. The van der Waals surface area contributed by atoms with Crippen LogP contribution in [0.1, 0.15) is 57.1 Å². The summed E-state index contributed by atoms with van der Waals surface area (Å²) in [5.41, 5.74) is 0.528. The highest BCUT2D eigenvalue weighted by Gasteiger charge is 2.27. The molecule has 0 spiro atoms. The molecule has 2 unspecified atom stereocenters. The van der Waals surface area contributed by atoms with Crippen molar-refractivity contribution in [3.63, 3.8) is 0 Å². The first kappa shape index (κ1) is 20.7. The molecule has 2 aromatic rings. The van der Waals surface area contributed by atoms with Gasteiger partial charge in [-0.2, -0.15) is 0 Å². The van der Waals surface area contributed by atoms with Crippen molar-refractivity contribution in [1.29, 1.82) is 0 Å². The first-order chi connectivity index (χ1) is 13.5. The van der Waals surface area contributed by atoms with Gasteiger partial charge >= 0.3 is 0 Å². The molecule has 1 saturated heterocycles. The molecule has 1 fully saturated rings. The number of halogens is 3. The zero-order chi connectivity index (χ0) is 20.1. The van der Waals surface area contributed by atoms with Crippen LogP contribution in [-0.4, -0.2) is 13.7 Å². The largest absolute Gasteiger partial charge is 0.494 e. The first-order valence-electron chi connectivity index (χ1n) is 9.98. The summed E-state index contributed by atoms with van der Waals surface area (Å²) in [6, 6.07) is 7.11. The van der Waals surface area contributed by atoms with Crippen molar-refractivity contribution in [1.82, 2.24) is 0 Å². The fraction of sp³-hybridized carbons (Fsp3) is 0.478. The van der Waals surface area contributed by atoms with Gasteiger partial charge in [0.1, 0.15) is 0 Å². The van der Waals surface area contributed by atoms with E-state index in [4.69, 9.17) is 9.47 Å². The van der Waals surface area contributed by atoms with Gasteiger partial charge in [-0.1, -0.05) is 44.4 Å². The molecule has 5 heteroatoms. The minimum absolute atomic E-state index is 0.0241. The Balaban J connectivity index is 1.73. The number of ether oxygens (including phenoxy) is 2. The Bertz CT molecular complexity index is 799. The SMILES string of the molecule is CCCCCC1CCC(c2ccc(-c3ccc(OC)c(F)c3)c(F)c2F)OC1. The molecule has 2 nitrogen and oxygen atoms in total. The summed E-state index contributed by atoms with van der Waals surface area (Å²) < 4.78 is 54.1. The van der Waals surface area contributed by atoms with Gasteiger partial charge in [0, 0.05) is 11.1 Å². The monoisotopic (exact) mass is 392 g/mol. The Hall–Kier alpha value is -2.01. The molecule has 2 aromatic carbocycles. The molecule has 0 aliphatic carbocycles. The predicted molar refractivity (Wildman–Crippen MR) is 104 cm³/mol. The smallest absolute Gasteiger partial charge is 0.167 e. The lowest BCUT2D eigenvalue weighted by Crippen LogP contribution is -2.21. The third-order valence-electron chi connectivity index (χ3n) is 5.51. The van der Waals surface area contributed by atoms with Crippen LogP contribution in [0, 0.1) is 23.4 Å². The molecule has 3 rings (SSSR count). The number of rotatable bonds is 7. The van der Waals surface area contributed by atoms with Gasteiger partial charge < -0.3 is 9.47 Å². The Morgan fingerprint density at radius 2 is 1.86 bits per heavy atom. The second-order valence-electron chi connectivity index (χ2n) is 7.44. The van der Waals surface area contributed by atoms with E-state index in [0.29, 0.717) is 18.9 Å². The summed E-state index contributed by atoms with van der Waals surface area (Å²) in [5, 5.41) is 0. The standard InChI is InChI=1S/C23H27F3O2/c1-3-4-5-6-15-7-11-20(28-14-15)18-10-9-17(22(25)23(18)26)16-8-12-21(27-2)19(24)13-16/h8-10,12-13,15,20H,3-7,11,14H2,1-2H3. The van der Waals surface area contributed by atoms with Crippen LogP contribution in [0.3, 0.4) is 0 Å². The minimum atomic E-state index is -0.976. The van der Waals surface area contributed by atoms with Crippen molar-refractivity contribution in [2.75, 3.05) is 13.7 Å². The van der Waals surface area contributed by atoms with E-state index in [1.807, 2.05) is 0 Å². The van der Waals surface area contributed by atoms with Crippen LogP contribution in [0.2, 0.25) is 0 Å². The topological polar surface area (TPSA) is 18.5 Å². The summed E-state index contributed by atoms with van der Waals surface area (Å²) in [5.74, 6) is -1.95. The van der Waals surface area contributed by atoms with Crippen LogP contribution >= 0.6 is 0 Å². The summed E-state index contributed by atoms with van der Waals surface area (Å²) in [7, 11) is 1.35. The highest BCUT2D eigenvalue weighted by molar-refractivity contribution is 5.66. The van der Waals surface area contributed by atoms with Gasteiger partial charge in [-0.05, 0) is 42.9 Å². The van der Waals surface area contributed by atoms with Gasteiger partial charge in [0.2, 0.25) is 0 Å². The van der Waals surface area contributed by atoms with E-state index in [-0.39, 0.29) is 22.4 Å². The first-order valence-corrected chi connectivity index (χ1v) is 9.98. The van der Waals surface area contributed by atoms with Crippen molar-refractivity contribution >= 4 is 0 Å². The van der Waals surface area contributed by atoms with Crippen molar-refractivity contribution < 1.29 is 22.6 Å². The van der Waals surface area contributed by atoms with Crippen molar-refractivity contribution in [3.8, 4) is 16.9 Å². The summed E-state index contributed by atoms with van der Waals surface area (Å²) in [4.78, 5) is 0. The van der Waals surface area contributed by atoms with Gasteiger partial charge in [0.05, 0.1) is 19.8 Å². The highest BCUT2D eigenvalue weighted by atomic mass is 19.2. The molecule has 1 aliphatic rings. The number of unbranched alkanes of at least 4 members (excludes halogenated alkanes) is 2. The third-order valence-corrected chi connectivity index (χ3v) is 5.51. The number of benzene rings is 2. The van der Waals surface area contributed by atoms with Crippen molar-refractivity contribution in [3.05, 3.63) is 53.3 Å². The Kier molecular flexibility index (Phi) is 7.00. The summed E-state index contributed by atoms with van der Waals surface area (Å²) in [6.07, 6.45) is 5.92. The van der Waals surface area contributed by atoms with E-state index in [9.17, 15) is 13.2 Å². The van der Waals surface area contributed by atoms with E-state index in [0.717, 1.165) is 18.9 Å². The van der Waals surface area contributed by atoms with Gasteiger partial charge in [-0.3, -0.25) is 0 Å². The lowest BCUT2D eigenvalue weighted by Gasteiger charge is -2.29. The van der Waals surface area contributed by atoms with E-state index >= 15 is 0 Å². The van der Waals surface area contributed by atoms with E-state index < -0.39 is 23.6 Å². The zero-order valence-corrected chi connectivity index (χ0v) is 16.4. The van der Waals surface area contributed by atoms with Crippen LogP contribution in [0.5, 0.6) is 5.75 Å². The molecule has 0 amide bonds. The van der Waals surface area contributed by atoms with Crippen molar-refractivity contribution in [2.45, 2.75) is 51.6 Å². The maximum absolute atomic E-state index is 14.8. The quantitative estimate of drug-likeness (QED) is 0.481. The van der Waals surface area contributed by atoms with E-state index in [2.05, 4.69) is 6.92 Å². The van der Waals surface area contributed by atoms with Gasteiger partial charge in [-0.25, -0.2) is 13.2 Å². The molecule has 0 saturated carbocycles. The molecule has 1 aliphatic heterocycles. The van der Waals surface area contributed by atoms with Gasteiger partial charge in [0.15, 0.2) is 23.2 Å². The number of hydrogen-bond donors (Lipinski definition) is 0. The second kappa shape index (κ2) is 9.46. The molecule has 152 valence electrons. The van der Waals surface area contributed by atoms with Gasteiger partial charge in [0.25, 0.3) is 0 Å².